The van der Waals surface area contributed by atoms with Crippen molar-refractivity contribution in [1.29, 1.82) is 0 Å². The van der Waals surface area contributed by atoms with Crippen LogP contribution >= 0.6 is 0 Å². The van der Waals surface area contributed by atoms with Crippen LogP contribution in [0.15, 0.2) is 18.2 Å². The average molecular weight is 290 g/mol. The summed E-state index contributed by atoms with van der Waals surface area (Å²) in [4.78, 5) is 25.0. The molecule has 0 radical (unpaired) electrons. The van der Waals surface area contributed by atoms with Crippen LogP contribution in [0.4, 0.5) is 0 Å². The van der Waals surface area contributed by atoms with Crippen molar-refractivity contribution >= 4 is 11.9 Å². The van der Waals surface area contributed by atoms with Gasteiger partial charge in [-0.3, -0.25) is 9.69 Å². The maximum atomic E-state index is 11.9. The number of aromatic carboxylic acids is 1. The molecule has 21 heavy (non-hydrogen) atoms. The fourth-order valence-electron chi connectivity index (χ4n) is 2.51. The second-order valence-corrected chi connectivity index (χ2v) is 5.63. The highest BCUT2D eigenvalue weighted by Gasteiger charge is 2.20. The van der Waals surface area contributed by atoms with Crippen LogP contribution in [0, 0.1) is 0 Å². The summed E-state index contributed by atoms with van der Waals surface area (Å²) in [6, 6.07) is 5.44. The van der Waals surface area contributed by atoms with Crippen LogP contribution in [-0.2, 0) is 17.8 Å². The number of nitrogens with one attached hydrogen (secondary N) is 1. The third kappa shape index (κ3) is 4.04. The van der Waals surface area contributed by atoms with E-state index in [2.05, 4.69) is 10.2 Å². The Bertz CT molecular complexity index is 542. The van der Waals surface area contributed by atoms with E-state index < -0.39 is 5.97 Å². The van der Waals surface area contributed by atoms with E-state index in [9.17, 15) is 9.59 Å². The fourth-order valence-corrected chi connectivity index (χ4v) is 2.51. The molecule has 1 aliphatic rings. The van der Waals surface area contributed by atoms with Crippen LogP contribution in [0.2, 0.25) is 0 Å². The van der Waals surface area contributed by atoms with E-state index in [-0.39, 0.29) is 11.9 Å². The quantitative estimate of drug-likeness (QED) is 0.865. The van der Waals surface area contributed by atoms with E-state index in [1.807, 2.05) is 19.9 Å². The Morgan fingerprint density at radius 1 is 1.38 bits per heavy atom. The molecule has 2 rings (SSSR count). The molecule has 1 aliphatic heterocycles. The van der Waals surface area contributed by atoms with Crippen molar-refractivity contribution < 1.29 is 14.7 Å². The second kappa shape index (κ2) is 6.72. The summed E-state index contributed by atoms with van der Waals surface area (Å²) in [5.41, 5.74) is 2.50. The number of hydrogen-bond donors (Lipinski definition) is 2. The lowest BCUT2D eigenvalue weighted by Gasteiger charge is -2.28. The van der Waals surface area contributed by atoms with Crippen LogP contribution < -0.4 is 5.32 Å². The smallest absolute Gasteiger partial charge is 0.335 e. The molecule has 1 aromatic carbocycles. The summed E-state index contributed by atoms with van der Waals surface area (Å²) in [7, 11) is 0. The SMILES string of the molecule is CCC(C)NC(=O)CN1CCc2ccc(C(=O)O)cc2C1. The fraction of sp³-hybridized carbons (Fsp3) is 0.500. The van der Waals surface area contributed by atoms with Gasteiger partial charge in [0.15, 0.2) is 0 Å². The lowest BCUT2D eigenvalue weighted by atomic mass is 9.97. The van der Waals surface area contributed by atoms with Gasteiger partial charge >= 0.3 is 5.97 Å². The zero-order chi connectivity index (χ0) is 15.4. The molecule has 0 saturated heterocycles. The Kier molecular flexibility index (Phi) is 4.96. The average Bonchev–Trinajstić information content (AvgIpc) is 2.46. The largest absolute Gasteiger partial charge is 0.478 e. The first-order valence-electron chi connectivity index (χ1n) is 7.36. The van der Waals surface area contributed by atoms with Crippen molar-refractivity contribution in [3.05, 3.63) is 34.9 Å². The zero-order valence-electron chi connectivity index (χ0n) is 12.6. The number of benzene rings is 1. The minimum atomic E-state index is -0.913. The van der Waals surface area contributed by atoms with E-state index in [1.54, 1.807) is 12.1 Å². The molecule has 0 aromatic heterocycles. The van der Waals surface area contributed by atoms with Crippen molar-refractivity contribution in [1.82, 2.24) is 10.2 Å². The Balaban J connectivity index is 2.00. The van der Waals surface area contributed by atoms with Crippen molar-refractivity contribution in [2.45, 2.75) is 39.3 Å². The lowest BCUT2D eigenvalue weighted by Crippen LogP contribution is -2.42. The molecular formula is C16H22N2O3. The first-order chi connectivity index (χ1) is 9.99. The van der Waals surface area contributed by atoms with E-state index in [0.29, 0.717) is 18.7 Å². The van der Waals surface area contributed by atoms with E-state index in [0.717, 1.165) is 24.9 Å². The van der Waals surface area contributed by atoms with Gasteiger partial charge in [0.1, 0.15) is 0 Å². The van der Waals surface area contributed by atoms with Crippen LogP contribution in [0.3, 0.4) is 0 Å². The maximum absolute atomic E-state index is 11.9. The third-order valence-corrected chi connectivity index (χ3v) is 3.93. The van der Waals surface area contributed by atoms with Crippen molar-refractivity contribution in [3.8, 4) is 0 Å². The van der Waals surface area contributed by atoms with Crippen LogP contribution in [0.1, 0.15) is 41.8 Å². The molecule has 114 valence electrons. The summed E-state index contributed by atoms with van der Waals surface area (Å²) in [6.07, 6.45) is 1.77. The standard InChI is InChI=1S/C16H22N2O3/c1-3-11(2)17-15(19)10-18-7-6-12-4-5-13(16(20)21)8-14(12)9-18/h4-5,8,11H,3,6-7,9-10H2,1-2H3,(H,17,19)(H,20,21). The van der Waals surface area contributed by atoms with Gasteiger partial charge in [-0.15, -0.1) is 0 Å². The number of amides is 1. The monoisotopic (exact) mass is 290 g/mol. The van der Waals surface area contributed by atoms with E-state index >= 15 is 0 Å². The molecule has 5 heteroatoms. The molecule has 1 unspecified atom stereocenters. The van der Waals surface area contributed by atoms with Gasteiger partial charge in [-0.25, -0.2) is 4.79 Å². The van der Waals surface area contributed by atoms with Crippen molar-refractivity contribution in [2.24, 2.45) is 0 Å². The number of hydrogen-bond acceptors (Lipinski definition) is 3. The van der Waals surface area contributed by atoms with Gasteiger partial charge in [0.2, 0.25) is 5.91 Å². The number of carbonyl (C=O) groups excluding carboxylic acids is 1. The molecule has 5 nitrogen and oxygen atoms in total. The number of nitrogens with zero attached hydrogens (tertiary/aromatic N) is 1. The van der Waals surface area contributed by atoms with Crippen molar-refractivity contribution in [3.63, 3.8) is 0 Å². The van der Waals surface area contributed by atoms with Gasteiger partial charge in [-0.2, -0.15) is 0 Å². The molecular weight excluding hydrogens is 268 g/mol. The summed E-state index contributed by atoms with van der Waals surface area (Å²) in [6.45, 7) is 5.84. The van der Waals surface area contributed by atoms with Gasteiger partial charge in [0, 0.05) is 19.1 Å². The molecule has 1 atom stereocenters. The van der Waals surface area contributed by atoms with Gasteiger partial charge in [-0.1, -0.05) is 13.0 Å². The first kappa shape index (κ1) is 15.5. The van der Waals surface area contributed by atoms with E-state index in [1.165, 1.54) is 5.56 Å². The van der Waals surface area contributed by atoms with Crippen LogP contribution in [0.25, 0.3) is 0 Å². The molecule has 1 heterocycles. The summed E-state index contributed by atoms with van der Waals surface area (Å²) in [5.74, 6) is -0.883. The highest BCUT2D eigenvalue weighted by molar-refractivity contribution is 5.88. The summed E-state index contributed by atoms with van der Waals surface area (Å²) in [5, 5.41) is 12.0. The highest BCUT2D eigenvalue weighted by Crippen LogP contribution is 2.20. The minimum Gasteiger partial charge on any atom is -0.478 e. The Morgan fingerprint density at radius 2 is 2.14 bits per heavy atom. The predicted octanol–water partition coefficient (Wildman–Crippen LogP) is 1.66. The molecule has 1 amide bonds. The van der Waals surface area contributed by atoms with E-state index in [4.69, 9.17) is 5.11 Å². The number of fused-ring (bicyclic) bond motifs is 1. The molecule has 2 N–H and O–H groups in total. The highest BCUT2D eigenvalue weighted by atomic mass is 16.4. The lowest BCUT2D eigenvalue weighted by molar-refractivity contribution is -0.123. The van der Waals surface area contributed by atoms with Crippen LogP contribution in [0.5, 0.6) is 0 Å². The second-order valence-electron chi connectivity index (χ2n) is 5.63. The normalized spacial score (nSPS) is 16.1. The molecule has 0 aliphatic carbocycles. The molecule has 1 aromatic rings. The molecule has 0 fully saturated rings. The number of carbonyl (C=O) groups is 2. The molecule has 0 bridgehead atoms. The minimum absolute atomic E-state index is 0.0298. The Labute approximate surface area is 125 Å². The summed E-state index contributed by atoms with van der Waals surface area (Å²) < 4.78 is 0. The Hall–Kier alpha value is -1.88. The Morgan fingerprint density at radius 3 is 2.81 bits per heavy atom. The topological polar surface area (TPSA) is 69.6 Å². The molecule has 0 spiro atoms. The maximum Gasteiger partial charge on any atom is 0.335 e. The summed E-state index contributed by atoms with van der Waals surface area (Å²) >= 11 is 0. The van der Waals surface area contributed by atoms with Crippen LogP contribution in [-0.4, -0.2) is 41.0 Å². The number of carboxylic acid groups (broad SMARTS) is 1. The van der Waals surface area contributed by atoms with Gasteiger partial charge in [0.05, 0.1) is 12.1 Å². The van der Waals surface area contributed by atoms with Gasteiger partial charge < -0.3 is 10.4 Å². The first-order valence-corrected chi connectivity index (χ1v) is 7.36. The zero-order valence-corrected chi connectivity index (χ0v) is 12.6. The number of carboxylic acids is 1. The van der Waals surface area contributed by atoms with Crippen molar-refractivity contribution in [2.75, 3.05) is 13.1 Å². The van der Waals surface area contributed by atoms with Gasteiger partial charge in [0.25, 0.3) is 0 Å². The number of rotatable bonds is 5. The molecule has 0 saturated carbocycles. The predicted molar refractivity (Wildman–Crippen MR) is 80.3 cm³/mol. The van der Waals surface area contributed by atoms with Gasteiger partial charge in [-0.05, 0) is 43.0 Å². The third-order valence-electron chi connectivity index (χ3n) is 3.93.